The molecule has 3 rings (SSSR count). The summed E-state index contributed by atoms with van der Waals surface area (Å²) in [6, 6.07) is 0. The van der Waals surface area contributed by atoms with E-state index in [1.807, 2.05) is 0 Å². The quantitative estimate of drug-likeness (QED) is 0.602. The normalized spacial score (nSPS) is 41.4. The summed E-state index contributed by atoms with van der Waals surface area (Å²) < 4.78 is 0. The smallest absolute Gasteiger partial charge is 0.234 e. The number of piperidine rings is 2. The van der Waals surface area contributed by atoms with Crippen LogP contribution in [0, 0.1) is 11.8 Å². The van der Waals surface area contributed by atoms with E-state index in [4.69, 9.17) is 0 Å². The Morgan fingerprint density at radius 1 is 1.14 bits per heavy atom. The third-order valence-corrected chi connectivity index (χ3v) is 3.50. The first-order chi connectivity index (χ1) is 6.79. The monoisotopic (exact) mass is 194 g/mol. The lowest BCUT2D eigenvalue weighted by molar-refractivity contribution is -0.145. The summed E-state index contributed by atoms with van der Waals surface area (Å²) in [6.07, 6.45) is 4.00. The van der Waals surface area contributed by atoms with Gasteiger partial charge in [0.2, 0.25) is 11.8 Å². The van der Waals surface area contributed by atoms with Crippen LogP contribution in [0.1, 0.15) is 25.7 Å². The van der Waals surface area contributed by atoms with E-state index in [1.165, 1.54) is 4.90 Å². The van der Waals surface area contributed by atoms with Gasteiger partial charge in [0, 0.05) is 0 Å². The average molecular weight is 194 g/mol. The van der Waals surface area contributed by atoms with Crippen molar-refractivity contribution in [1.29, 1.82) is 0 Å². The highest BCUT2D eigenvalue weighted by Gasteiger charge is 2.60. The topological polar surface area (TPSA) is 49.4 Å². The molecular formula is C10H14N2O2. The Balaban J connectivity index is 1.77. The second-order valence-electron chi connectivity index (χ2n) is 4.46. The average Bonchev–Trinajstić information content (AvgIpc) is 2.94. The Morgan fingerprint density at radius 3 is 2.43 bits per heavy atom. The molecule has 76 valence electrons. The SMILES string of the molecule is O=C1C2CC2C(=O)N1C1CCCCN1. The summed E-state index contributed by atoms with van der Waals surface area (Å²) >= 11 is 0. The first-order valence-electron chi connectivity index (χ1n) is 5.39. The fourth-order valence-electron chi connectivity index (χ4n) is 2.57. The van der Waals surface area contributed by atoms with Crippen LogP contribution < -0.4 is 5.32 Å². The molecule has 0 spiro atoms. The molecule has 1 N–H and O–H groups in total. The Kier molecular flexibility index (Phi) is 1.68. The minimum atomic E-state index is -0.00319. The van der Waals surface area contributed by atoms with Crippen LogP contribution in [0.25, 0.3) is 0 Å². The molecule has 3 fully saturated rings. The molecule has 0 aromatic heterocycles. The van der Waals surface area contributed by atoms with Crippen molar-refractivity contribution in [3.63, 3.8) is 0 Å². The summed E-state index contributed by atoms with van der Waals surface area (Å²) in [5, 5.41) is 3.25. The fraction of sp³-hybridized carbons (Fsp3) is 0.800. The third-order valence-electron chi connectivity index (χ3n) is 3.50. The molecule has 14 heavy (non-hydrogen) atoms. The van der Waals surface area contributed by atoms with Crippen molar-refractivity contribution in [2.24, 2.45) is 11.8 Å². The van der Waals surface area contributed by atoms with E-state index in [-0.39, 0.29) is 29.8 Å². The van der Waals surface area contributed by atoms with Gasteiger partial charge in [-0.3, -0.25) is 19.8 Å². The number of hydrogen-bond acceptors (Lipinski definition) is 3. The number of carbonyl (C=O) groups excluding carboxylic acids is 2. The highest BCUT2D eigenvalue weighted by Crippen LogP contribution is 2.47. The van der Waals surface area contributed by atoms with Gasteiger partial charge in [0.05, 0.1) is 18.0 Å². The van der Waals surface area contributed by atoms with E-state index in [2.05, 4.69) is 5.32 Å². The van der Waals surface area contributed by atoms with Gasteiger partial charge in [-0.25, -0.2) is 0 Å². The third kappa shape index (κ3) is 1.03. The summed E-state index contributed by atoms with van der Waals surface area (Å²) in [7, 11) is 0. The number of hydrogen-bond donors (Lipinski definition) is 1. The number of carbonyl (C=O) groups is 2. The van der Waals surface area contributed by atoms with Crippen LogP contribution >= 0.6 is 0 Å². The van der Waals surface area contributed by atoms with Crippen LogP contribution in [0.3, 0.4) is 0 Å². The summed E-state index contributed by atoms with van der Waals surface area (Å²) in [6.45, 7) is 0.928. The van der Waals surface area contributed by atoms with E-state index in [9.17, 15) is 9.59 Å². The van der Waals surface area contributed by atoms with Crippen molar-refractivity contribution in [2.75, 3.05) is 6.54 Å². The van der Waals surface area contributed by atoms with Crippen molar-refractivity contribution in [3.05, 3.63) is 0 Å². The van der Waals surface area contributed by atoms with Crippen LogP contribution in [0.4, 0.5) is 0 Å². The van der Waals surface area contributed by atoms with Crippen LogP contribution in [-0.2, 0) is 9.59 Å². The zero-order valence-electron chi connectivity index (χ0n) is 8.03. The van der Waals surface area contributed by atoms with Gasteiger partial charge in [-0.2, -0.15) is 0 Å². The zero-order valence-corrected chi connectivity index (χ0v) is 8.03. The zero-order chi connectivity index (χ0) is 9.71. The fourth-order valence-corrected chi connectivity index (χ4v) is 2.57. The number of amides is 2. The molecule has 2 aliphatic heterocycles. The number of imide groups is 1. The largest absolute Gasteiger partial charge is 0.297 e. The van der Waals surface area contributed by atoms with E-state index in [1.54, 1.807) is 0 Å². The lowest BCUT2D eigenvalue weighted by Gasteiger charge is -2.31. The van der Waals surface area contributed by atoms with E-state index < -0.39 is 0 Å². The molecule has 0 aromatic carbocycles. The van der Waals surface area contributed by atoms with Crippen LogP contribution in [0.5, 0.6) is 0 Å². The Morgan fingerprint density at radius 2 is 1.86 bits per heavy atom. The van der Waals surface area contributed by atoms with Gasteiger partial charge in [0.25, 0.3) is 0 Å². The molecule has 4 nitrogen and oxygen atoms in total. The molecule has 2 heterocycles. The summed E-state index contributed by atoms with van der Waals surface area (Å²) in [5.74, 6) is 0.233. The molecule has 2 amide bonds. The van der Waals surface area contributed by atoms with Gasteiger partial charge < -0.3 is 0 Å². The highest BCUT2D eigenvalue weighted by atomic mass is 16.2. The van der Waals surface area contributed by atoms with Crippen molar-refractivity contribution in [2.45, 2.75) is 31.8 Å². The van der Waals surface area contributed by atoms with Crippen molar-refractivity contribution >= 4 is 11.8 Å². The minimum absolute atomic E-state index is 0.00319. The van der Waals surface area contributed by atoms with E-state index in [0.717, 1.165) is 32.2 Å². The predicted molar refractivity (Wildman–Crippen MR) is 49.1 cm³/mol. The molecule has 0 aromatic rings. The first-order valence-corrected chi connectivity index (χ1v) is 5.39. The van der Waals surface area contributed by atoms with Gasteiger partial charge in [0.1, 0.15) is 0 Å². The second kappa shape index (κ2) is 2.79. The van der Waals surface area contributed by atoms with Gasteiger partial charge in [-0.05, 0) is 32.2 Å². The van der Waals surface area contributed by atoms with Crippen molar-refractivity contribution in [1.82, 2.24) is 10.2 Å². The highest BCUT2D eigenvalue weighted by molar-refractivity contribution is 6.09. The van der Waals surface area contributed by atoms with Gasteiger partial charge in [-0.1, -0.05) is 0 Å². The molecule has 3 atom stereocenters. The maximum Gasteiger partial charge on any atom is 0.234 e. The molecular weight excluding hydrogens is 180 g/mol. The van der Waals surface area contributed by atoms with Crippen LogP contribution in [0.2, 0.25) is 0 Å². The van der Waals surface area contributed by atoms with Crippen molar-refractivity contribution < 1.29 is 9.59 Å². The number of nitrogens with zero attached hydrogens (tertiary/aromatic N) is 1. The number of likely N-dealkylation sites (tertiary alicyclic amines) is 1. The number of nitrogens with one attached hydrogen (secondary N) is 1. The molecule has 0 bridgehead atoms. The summed E-state index contributed by atoms with van der Waals surface area (Å²) in [4.78, 5) is 24.9. The maximum atomic E-state index is 11.7. The van der Waals surface area contributed by atoms with Crippen LogP contribution in [-0.4, -0.2) is 29.4 Å². The number of fused-ring (bicyclic) bond motifs is 1. The summed E-state index contributed by atoms with van der Waals surface area (Å²) in [5.41, 5.74) is 0. The Hall–Kier alpha value is -0.900. The molecule has 4 heteroatoms. The van der Waals surface area contributed by atoms with Gasteiger partial charge >= 0.3 is 0 Å². The standard InChI is InChI=1S/C10H14N2O2/c13-9-6-5-7(6)10(14)12(9)8-3-1-2-4-11-8/h6-8,11H,1-5H2. The Bertz CT molecular complexity index is 276. The Labute approximate surface area is 82.6 Å². The number of rotatable bonds is 1. The second-order valence-corrected chi connectivity index (χ2v) is 4.46. The first kappa shape index (κ1) is 8.41. The molecule has 2 saturated heterocycles. The lowest BCUT2D eigenvalue weighted by atomic mass is 10.1. The van der Waals surface area contributed by atoms with Crippen LogP contribution in [0.15, 0.2) is 0 Å². The van der Waals surface area contributed by atoms with E-state index in [0.29, 0.717) is 0 Å². The van der Waals surface area contributed by atoms with Crippen molar-refractivity contribution in [3.8, 4) is 0 Å². The lowest BCUT2D eigenvalue weighted by Crippen LogP contribution is -2.51. The van der Waals surface area contributed by atoms with Gasteiger partial charge in [-0.15, -0.1) is 0 Å². The molecule has 1 saturated carbocycles. The van der Waals surface area contributed by atoms with E-state index >= 15 is 0 Å². The maximum absolute atomic E-state index is 11.7. The molecule has 1 aliphatic carbocycles. The predicted octanol–water partition coefficient (Wildman–Crippen LogP) is 0.0909. The molecule has 0 radical (unpaired) electrons. The minimum Gasteiger partial charge on any atom is -0.297 e. The molecule has 3 unspecified atom stereocenters. The van der Waals surface area contributed by atoms with Gasteiger partial charge in [0.15, 0.2) is 0 Å². The molecule has 3 aliphatic rings.